The molecule has 1 aromatic heterocycles. The largest absolute Gasteiger partial charge is 0.350 e. The zero-order chi connectivity index (χ0) is 18.6. The van der Waals surface area contributed by atoms with E-state index in [0.29, 0.717) is 12.1 Å². The van der Waals surface area contributed by atoms with Crippen LogP contribution in [0.15, 0.2) is 66.0 Å². The molecule has 1 amide bonds. The summed E-state index contributed by atoms with van der Waals surface area (Å²) in [6, 6.07) is 18.5. The summed E-state index contributed by atoms with van der Waals surface area (Å²) in [6.45, 7) is 2.37. The van der Waals surface area contributed by atoms with E-state index in [4.69, 9.17) is 0 Å². The number of nitrogens with one attached hydrogen (secondary N) is 1. The Labute approximate surface area is 162 Å². The predicted molar refractivity (Wildman–Crippen MR) is 106 cm³/mol. The summed E-state index contributed by atoms with van der Waals surface area (Å²) in [6.07, 6.45) is 1.02. The molecule has 0 unspecified atom stereocenters. The van der Waals surface area contributed by atoms with Crippen LogP contribution in [0, 0.1) is 5.82 Å². The molecule has 1 N–H and O–H groups in total. The highest BCUT2D eigenvalue weighted by Gasteiger charge is 2.26. The number of rotatable bonds is 5. The summed E-state index contributed by atoms with van der Waals surface area (Å²) in [4.78, 5) is 16.1. The van der Waals surface area contributed by atoms with Gasteiger partial charge in [-0.15, -0.1) is 11.3 Å². The van der Waals surface area contributed by atoms with E-state index in [1.165, 1.54) is 40.3 Å². The van der Waals surface area contributed by atoms with Gasteiger partial charge in [0, 0.05) is 30.1 Å². The van der Waals surface area contributed by atoms with Gasteiger partial charge in [-0.2, -0.15) is 0 Å². The van der Waals surface area contributed by atoms with Crippen LogP contribution in [0.5, 0.6) is 0 Å². The van der Waals surface area contributed by atoms with Gasteiger partial charge in [0.25, 0.3) is 5.91 Å². The fourth-order valence-electron chi connectivity index (χ4n) is 3.57. The third-order valence-electron chi connectivity index (χ3n) is 5.03. The first-order valence-electron chi connectivity index (χ1n) is 9.09. The van der Waals surface area contributed by atoms with Crippen LogP contribution < -0.4 is 5.32 Å². The van der Waals surface area contributed by atoms with Crippen molar-refractivity contribution in [3.05, 3.63) is 93.4 Å². The first kappa shape index (κ1) is 17.9. The van der Waals surface area contributed by atoms with Crippen molar-refractivity contribution in [2.24, 2.45) is 0 Å². The van der Waals surface area contributed by atoms with Gasteiger partial charge < -0.3 is 5.32 Å². The average molecular weight is 380 g/mol. The predicted octanol–water partition coefficient (Wildman–Crippen LogP) is 4.42. The van der Waals surface area contributed by atoms with Crippen molar-refractivity contribution in [1.82, 2.24) is 10.2 Å². The number of halogens is 1. The number of amides is 1. The van der Waals surface area contributed by atoms with Crippen molar-refractivity contribution in [1.29, 1.82) is 0 Å². The molecule has 0 saturated heterocycles. The van der Waals surface area contributed by atoms with E-state index in [1.54, 1.807) is 11.3 Å². The molecule has 1 aliphatic rings. The Morgan fingerprint density at radius 2 is 1.85 bits per heavy atom. The fraction of sp³-hybridized carbons (Fsp3) is 0.227. The topological polar surface area (TPSA) is 32.3 Å². The van der Waals surface area contributed by atoms with Crippen LogP contribution in [0.1, 0.15) is 32.4 Å². The Morgan fingerprint density at radius 3 is 2.59 bits per heavy atom. The quantitative estimate of drug-likeness (QED) is 0.711. The molecular weight excluding hydrogens is 359 g/mol. The Bertz CT molecular complexity index is 908. The Kier molecular flexibility index (Phi) is 5.32. The lowest BCUT2D eigenvalue weighted by Crippen LogP contribution is -2.40. The summed E-state index contributed by atoms with van der Waals surface area (Å²) in [5, 5.41) is 5.10. The molecule has 0 radical (unpaired) electrons. The molecule has 0 aliphatic carbocycles. The average Bonchev–Trinajstić information content (AvgIpc) is 3.23. The molecule has 3 aromatic rings. The number of hydrogen-bond donors (Lipinski definition) is 1. The van der Waals surface area contributed by atoms with E-state index < -0.39 is 0 Å². The molecular formula is C22H21FN2OS. The highest BCUT2D eigenvalue weighted by Crippen LogP contribution is 2.30. The lowest BCUT2D eigenvalue weighted by molar-refractivity contribution is 0.0928. The van der Waals surface area contributed by atoms with E-state index >= 15 is 0 Å². The molecule has 4 rings (SSSR count). The smallest absolute Gasteiger partial charge is 0.251 e. The fourth-order valence-corrected chi connectivity index (χ4v) is 4.43. The highest BCUT2D eigenvalue weighted by atomic mass is 32.1. The molecule has 2 aromatic carbocycles. The molecule has 0 spiro atoms. The van der Waals surface area contributed by atoms with Crippen LogP contribution in [0.25, 0.3) is 0 Å². The molecule has 0 bridgehead atoms. The van der Waals surface area contributed by atoms with Crippen molar-refractivity contribution in [2.45, 2.75) is 19.0 Å². The monoisotopic (exact) mass is 380 g/mol. The van der Waals surface area contributed by atoms with Gasteiger partial charge in [-0.05, 0) is 53.3 Å². The molecule has 1 atom stereocenters. The normalized spacial score (nSPS) is 15.1. The van der Waals surface area contributed by atoms with Crippen molar-refractivity contribution >= 4 is 17.2 Å². The zero-order valence-electron chi connectivity index (χ0n) is 14.9. The van der Waals surface area contributed by atoms with Gasteiger partial charge in [0.1, 0.15) is 5.82 Å². The van der Waals surface area contributed by atoms with Crippen LogP contribution in [-0.2, 0) is 13.0 Å². The number of carbonyl (C=O) groups is 1. The molecule has 1 aliphatic heterocycles. The van der Waals surface area contributed by atoms with Crippen LogP contribution in [0.2, 0.25) is 0 Å². The maximum absolute atomic E-state index is 13.1. The number of hydrogen-bond acceptors (Lipinski definition) is 3. The van der Waals surface area contributed by atoms with Crippen LogP contribution >= 0.6 is 11.3 Å². The Balaban J connectivity index is 1.49. The molecule has 138 valence electrons. The van der Waals surface area contributed by atoms with Crippen molar-refractivity contribution in [2.75, 3.05) is 13.1 Å². The molecule has 5 heteroatoms. The second-order valence-corrected chi connectivity index (χ2v) is 7.72. The first-order chi connectivity index (χ1) is 13.2. The summed E-state index contributed by atoms with van der Waals surface area (Å²) in [5.74, 6) is -0.510. The number of nitrogens with zero attached hydrogens (tertiary/aromatic N) is 1. The molecule has 2 heterocycles. The Morgan fingerprint density at radius 1 is 1.07 bits per heavy atom. The minimum absolute atomic E-state index is 0.128. The molecule has 0 fully saturated rings. The minimum atomic E-state index is -0.338. The minimum Gasteiger partial charge on any atom is -0.350 e. The van der Waals surface area contributed by atoms with Crippen LogP contribution in [0.3, 0.4) is 0 Å². The van der Waals surface area contributed by atoms with Gasteiger partial charge in [-0.25, -0.2) is 4.39 Å². The first-order valence-corrected chi connectivity index (χ1v) is 9.96. The number of fused-ring (bicyclic) bond motifs is 1. The number of benzene rings is 2. The van der Waals surface area contributed by atoms with Gasteiger partial charge in [-0.1, -0.05) is 30.3 Å². The second-order valence-electron chi connectivity index (χ2n) is 6.74. The maximum atomic E-state index is 13.1. The zero-order valence-corrected chi connectivity index (χ0v) is 15.7. The summed E-state index contributed by atoms with van der Waals surface area (Å²) >= 11 is 1.71. The van der Waals surface area contributed by atoms with Crippen LogP contribution in [-0.4, -0.2) is 23.9 Å². The van der Waals surface area contributed by atoms with Crippen molar-refractivity contribution < 1.29 is 9.18 Å². The number of carbonyl (C=O) groups excluding carboxylic acids is 1. The van der Waals surface area contributed by atoms with Crippen LogP contribution in [0.4, 0.5) is 4.39 Å². The summed E-state index contributed by atoms with van der Waals surface area (Å²) in [7, 11) is 0. The van der Waals surface area contributed by atoms with Gasteiger partial charge in [-0.3, -0.25) is 9.69 Å². The third kappa shape index (κ3) is 4.10. The third-order valence-corrected chi connectivity index (χ3v) is 6.01. The summed E-state index contributed by atoms with van der Waals surface area (Å²) in [5.41, 5.74) is 3.24. The SMILES string of the molecule is O=C(NC[C@H](c1cccs1)N1CCc2ccccc2C1)c1ccc(F)cc1. The van der Waals surface area contributed by atoms with Crippen molar-refractivity contribution in [3.8, 4) is 0 Å². The van der Waals surface area contributed by atoms with Gasteiger partial charge >= 0.3 is 0 Å². The van der Waals surface area contributed by atoms with Gasteiger partial charge in [0.2, 0.25) is 0 Å². The lowest BCUT2D eigenvalue weighted by Gasteiger charge is -2.35. The van der Waals surface area contributed by atoms with Gasteiger partial charge in [0.15, 0.2) is 0 Å². The van der Waals surface area contributed by atoms with Gasteiger partial charge in [0.05, 0.1) is 6.04 Å². The molecule has 27 heavy (non-hydrogen) atoms. The Hall–Kier alpha value is -2.50. The maximum Gasteiger partial charge on any atom is 0.251 e. The van der Waals surface area contributed by atoms with E-state index in [2.05, 4.69) is 45.9 Å². The van der Waals surface area contributed by atoms with Crippen molar-refractivity contribution in [3.63, 3.8) is 0 Å². The van der Waals surface area contributed by atoms with E-state index in [0.717, 1.165) is 19.5 Å². The lowest BCUT2D eigenvalue weighted by atomic mass is 9.98. The highest BCUT2D eigenvalue weighted by molar-refractivity contribution is 7.10. The second kappa shape index (κ2) is 8.03. The standard InChI is InChI=1S/C22H21FN2OS/c23-19-9-7-17(8-10-19)22(26)24-14-20(21-6-3-13-27-21)25-12-11-16-4-1-2-5-18(16)15-25/h1-10,13,20H,11-12,14-15H2,(H,24,26)/t20-/m1/s1. The molecule has 3 nitrogen and oxygen atoms in total. The van der Waals surface area contributed by atoms with E-state index in [9.17, 15) is 9.18 Å². The number of thiophene rings is 1. The van der Waals surface area contributed by atoms with E-state index in [1.807, 2.05) is 6.07 Å². The van der Waals surface area contributed by atoms with E-state index in [-0.39, 0.29) is 17.8 Å². The summed E-state index contributed by atoms with van der Waals surface area (Å²) < 4.78 is 13.1. The molecule has 0 saturated carbocycles.